The Hall–Kier alpha value is -1.58. The molecule has 1 fully saturated rings. The molecular weight excluding hydrogens is 250 g/mol. The second-order valence-electron chi connectivity index (χ2n) is 5.53. The average Bonchev–Trinajstić information content (AvgIpc) is 2.93. The van der Waals surface area contributed by atoms with Crippen LogP contribution < -0.4 is 5.32 Å². The van der Waals surface area contributed by atoms with Crippen LogP contribution in [0.25, 0.3) is 0 Å². The number of carbonyl (C=O) groups excluding carboxylic acids is 1. The highest BCUT2D eigenvalue weighted by atomic mass is 16.2. The summed E-state index contributed by atoms with van der Waals surface area (Å²) in [6.07, 6.45) is 4.59. The van der Waals surface area contributed by atoms with Crippen LogP contribution in [0.2, 0.25) is 0 Å². The monoisotopic (exact) mass is 275 g/mol. The van der Waals surface area contributed by atoms with Crippen LogP contribution in [0, 0.1) is 5.92 Å². The zero-order chi connectivity index (χ0) is 14.4. The van der Waals surface area contributed by atoms with E-state index in [-0.39, 0.29) is 5.91 Å². The third kappa shape index (κ3) is 3.71. The molecule has 20 heavy (non-hydrogen) atoms. The molecule has 110 valence electrons. The molecule has 0 spiro atoms. The van der Waals surface area contributed by atoms with Crippen LogP contribution in [-0.4, -0.2) is 35.4 Å². The number of aromatic nitrogens is 1. The third-order valence-electron chi connectivity index (χ3n) is 3.79. The highest BCUT2D eigenvalue weighted by molar-refractivity contribution is 5.92. The Morgan fingerprint density at radius 1 is 1.40 bits per heavy atom. The van der Waals surface area contributed by atoms with E-state index < -0.39 is 0 Å². The molecule has 4 heteroatoms. The van der Waals surface area contributed by atoms with Gasteiger partial charge >= 0.3 is 0 Å². The van der Waals surface area contributed by atoms with Crippen molar-refractivity contribution in [2.75, 3.05) is 25.0 Å². The lowest BCUT2D eigenvalue weighted by molar-refractivity contribution is 0.0781. The van der Waals surface area contributed by atoms with Gasteiger partial charge in [-0.2, -0.15) is 0 Å². The summed E-state index contributed by atoms with van der Waals surface area (Å²) in [7, 11) is 0. The van der Waals surface area contributed by atoms with Crippen LogP contribution in [0.15, 0.2) is 18.2 Å². The molecule has 0 bridgehead atoms. The molecule has 0 radical (unpaired) electrons. The molecule has 1 amide bonds. The summed E-state index contributed by atoms with van der Waals surface area (Å²) < 4.78 is 0. The van der Waals surface area contributed by atoms with Gasteiger partial charge < -0.3 is 10.2 Å². The predicted octanol–water partition coefficient (Wildman–Crippen LogP) is 3.17. The molecule has 4 nitrogen and oxygen atoms in total. The maximum Gasteiger partial charge on any atom is 0.272 e. The highest BCUT2D eigenvalue weighted by Gasteiger charge is 2.26. The van der Waals surface area contributed by atoms with E-state index >= 15 is 0 Å². The third-order valence-corrected chi connectivity index (χ3v) is 3.79. The van der Waals surface area contributed by atoms with Gasteiger partial charge in [0, 0.05) is 19.6 Å². The smallest absolute Gasteiger partial charge is 0.272 e. The van der Waals surface area contributed by atoms with E-state index in [1.807, 2.05) is 23.1 Å². The number of rotatable bonds is 6. The summed E-state index contributed by atoms with van der Waals surface area (Å²) in [6.45, 7) is 6.96. The molecule has 0 saturated carbocycles. The fraction of sp³-hybridized carbons (Fsp3) is 0.625. The van der Waals surface area contributed by atoms with Crippen LogP contribution in [-0.2, 0) is 0 Å². The van der Waals surface area contributed by atoms with Gasteiger partial charge in [-0.05, 0) is 37.3 Å². The SMILES string of the molecule is CCCNc1cccc(C(=O)N2CCC(CCC)C2)n1. The number of pyridine rings is 1. The number of hydrogen-bond donors (Lipinski definition) is 1. The Bertz CT molecular complexity index is 447. The Kier molecular flexibility index (Phi) is 5.39. The van der Waals surface area contributed by atoms with Gasteiger partial charge in [0.2, 0.25) is 0 Å². The topological polar surface area (TPSA) is 45.2 Å². The minimum atomic E-state index is 0.0729. The number of likely N-dealkylation sites (tertiary alicyclic amines) is 1. The van der Waals surface area contributed by atoms with Crippen LogP contribution >= 0.6 is 0 Å². The molecule has 0 aliphatic carbocycles. The van der Waals surface area contributed by atoms with Gasteiger partial charge in [-0.25, -0.2) is 4.98 Å². The highest BCUT2D eigenvalue weighted by Crippen LogP contribution is 2.22. The lowest BCUT2D eigenvalue weighted by Crippen LogP contribution is -2.29. The number of nitrogens with zero attached hydrogens (tertiary/aromatic N) is 2. The maximum atomic E-state index is 12.5. The summed E-state index contributed by atoms with van der Waals surface area (Å²) in [4.78, 5) is 18.8. The van der Waals surface area contributed by atoms with E-state index in [1.54, 1.807) is 0 Å². The van der Waals surface area contributed by atoms with E-state index in [1.165, 1.54) is 12.8 Å². The first-order valence-electron chi connectivity index (χ1n) is 7.74. The van der Waals surface area contributed by atoms with E-state index in [0.29, 0.717) is 11.6 Å². The molecule has 0 aromatic carbocycles. The van der Waals surface area contributed by atoms with Gasteiger partial charge in [-0.3, -0.25) is 4.79 Å². The first kappa shape index (κ1) is 14.8. The van der Waals surface area contributed by atoms with Gasteiger partial charge in [-0.15, -0.1) is 0 Å². The zero-order valence-corrected chi connectivity index (χ0v) is 12.6. The summed E-state index contributed by atoms with van der Waals surface area (Å²) in [5.41, 5.74) is 0.559. The normalized spacial score (nSPS) is 18.3. The standard InChI is InChI=1S/C16H25N3O/c1-3-6-13-9-11-19(12-13)16(20)14-7-5-8-15(18-14)17-10-4-2/h5,7-8,13H,3-4,6,9-12H2,1-2H3,(H,17,18). The molecule has 2 rings (SSSR count). The van der Waals surface area contributed by atoms with Crippen LogP contribution in [0.1, 0.15) is 50.0 Å². The van der Waals surface area contributed by atoms with Crippen molar-refractivity contribution in [2.24, 2.45) is 5.92 Å². The largest absolute Gasteiger partial charge is 0.370 e. The first-order chi connectivity index (χ1) is 9.74. The minimum Gasteiger partial charge on any atom is -0.370 e. The minimum absolute atomic E-state index is 0.0729. The van der Waals surface area contributed by atoms with Crippen LogP contribution in [0.3, 0.4) is 0 Å². The molecule has 1 aliphatic rings. The Balaban J connectivity index is 1.98. The first-order valence-corrected chi connectivity index (χ1v) is 7.74. The summed E-state index contributed by atoms with van der Waals surface area (Å²) in [5, 5.41) is 3.23. The molecule has 1 saturated heterocycles. The summed E-state index contributed by atoms with van der Waals surface area (Å²) in [6, 6.07) is 5.63. The lowest BCUT2D eigenvalue weighted by atomic mass is 10.0. The molecule has 1 N–H and O–H groups in total. The Labute approximate surface area is 121 Å². The number of carbonyl (C=O) groups is 1. The molecule has 2 heterocycles. The number of hydrogen-bond acceptors (Lipinski definition) is 3. The van der Waals surface area contributed by atoms with Gasteiger partial charge in [0.15, 0.2) is 0 Å². The Morgan fingerprint density at radius 2 is 2.25 bits per heavy atom. The molecule has 1 unspecified atom stereocenters. The van der Waals surface area contributed by atoms with Crippen molar-refractivity contribution in [1.29, 1.82) is 0 Å². The van der Waals surface area contributed by atoms with Gasteiger partial charge in [0.25, 0.3) is 5.91 Å². The van der Waals surface area contributed by atoms with E-state index in [0.717, 1.165) is 38.3 Å². The lowest BCUT2D eigenvalue weighted by Gasteiger charge is -2.16. The van der Waals surface area contributed by atoms with Crippen LogP contribution in [0.5, 0.6) is 0 Å². The van der Waals surface area contributed by atoms with E-state index in [4.69, 9.17) is 0 Å². The average molecular weight is 275 g/mol. The van der Waals surface area contributed by atoms with Crippen molar-refractivity contribution in [1.82, 2.24) is 9.88 Å². The Morgan fingerprint density at radius 3 is 3.00 bits per heavy atom. The summed E-state index contributed by atoms with van der Waals surface area (Å²) >= 11 is 0. The van der Waals surface area contributed by atoms with Crippen molar-refractivity contribution >= 4 is 11.7 Å². The van der Waals surface area contributed by atoms with Crippen molar-refractivity contribution in [3.05, 3.63) is 23.9 Å². The maximum absolute atomic E-state index is 12.5. The van der Waals surface area contributed by atoms with Crippen molar-refractivity contribution in [2.45, 2.75) is 39.5 Å². The van der Waals surface area contributed by atoms with Crippen LogP contribution in [0.4, 0.5) is 5.82 Å². The van der Waals surface area contributed by atoms with Gasteiger partial charge in [0.05, 0.1) is 0 Å². The second-order valence-corrected chi connectivity index (χ2v) is 5.53. The fourth-order valence-corrected chi connectivity index (χ4v) is 2.73. The quantitative estimate of drug-likeness (QED) is 0.867. The fourth-order valence-electron chi connectivity index (χ4n) is 2.73. The molecule has 1 aromatic rings. The number of anilines is 1. The predicted molar refractivity (Wildman–Crippen MR) is 81.9 cm³/mol. The summed E-state index contributed by atoms with van der Waals surface area (Å²) in [5.74, 6) is 1.54. The second kappa shape index (κ2) is 7.27. The van der Waals surface area contributed by atoms with Crippen molar-refractivity contribution < 1.29 is 4.79 Å². The van der Waals surface area contributed by atoms with Gasteiger partial charge in [0.1, 0.15) is 11.5 Å². The van der Waals surface area contributed by atoms with Crippen molar-refractivity contribution in [3.63, 3.8) is 0 Å². The van der Waals surface area contributed by atoms with E-state index in [2.05, 4.69) is 24.1 Å². The number of amides is 1. The number of nitrogens with one attached hydrogen (secondary N) is 1. The zero-order valence-electron chi connectivity index (χ0n) is 12.6. The molecule has 1 aliphatic heterocycles. The molecular formula is C16H25N3O. The van der Waals surface area contributed by atoms with E-state index in [9.17, 15) is 4.79 Å². The van der Waals surface area contributed by atoms with Gasteiger partial charge in [-0.1, -0.05) is 26.3 Å². The molecule has 1 atom stereocenters. The van der Waals surface area contributed by atoms with Crippen molar-refractivity contribution in [3.8, 4) is 0 Å². The molecule has 1 aromatic heterocycles.